The molecule has 0 saturated heterocycles. The molecule has 91 heavy (non-hydrogen) atoms. The number of aliphatic hydroxyl groups is 1. The Kier molecular flexibility index (Phi) is 64.0. The van der Waals surface area contributed by atoms with Crippen LogP contribution in [0.4, 0.5) is 0 Å². The summed E-state index contributed by atoms with van der Waals surface area (Å²) in [6.07, 6.45) is 53.2. The van der Waals surface area contributed by atoms with Crippen molar-refractivity contribution >= 4 is 39.5 Å². The zero-order valence-corrected chi connectivity index (χ0v) is 60.8. The van der Waals surface area contributed by atoms with E-state index in [0.717, 1.165) is 102 Å². The number of unbranched alkanes of at least 4 members (excludes halogenated alkanes) is 43. The first-order chi connectivity index (χ1) is 44.1. The number of hydrogen-bond donors (Lipinski definition) is 3. The van der Waals surface area contributed by atoms with E-state index in [0.29, 0.717) is 25.7 Å². The van der Waals surface area contributed by atoms with E-state index in [1.54, 1.807) is 0 Å². The SMILES string of the molecule is CCCCCCCCCCCCCCCCCCCCCCCCC(=O)O[C@H](COC(=O)CCCCCCCCCCC(C)CC)COP(=O)(O)OC[C@@H](O)COP(=O)(O)OC[C@@H](COC(=O)CCCCCCC)OC(=O)CCCCCCCCCCCCCC. The number of carbonyl (C=O) groups is 4. The molecule has 19 heteroatoms. The summed E-state index contributed by atoms with van der Waals surface area (Å²) >= 11 is 0. The highest BCUT2D eigenvalue weighted by molar-refractivity contribution is 7.47. The van der Waals surface area contributed by atoms with Crippen LogP contribution in [0.25, 0.3) is 0 Å². The molecule has 0 saturated carbocycles. The van der Waals surface area contributed by atoms with Crippen molar-refractivity contribution in [3.8, 4) is 0 Å². The summed E-state index contributed by atoms with van der Waals surface area (Å²) < 4.78 is 68.1. The molecule has 0 aliphatic carbocycles. The van der Waals surface area contributed by atoms with Gasteiger partial charge in [-0.3, -0.25) is 37.3 Å². The molecule has 0 heterocycles. The van der Waals surface area contributed by atoms with Crippen LogP contribution >= 0.6 is 15.6 Å². The standard InChI is InChI=1S/C72H140O17P2/c1-6-10-13-16-18-20-22-24-25-26-27-28-29-30-31-32-33-35-37-43-48-53-58-72(77)89-68(62-83-70(75)56-51-46-41-39-38-40-45-49-54-65(5)9-4)64-87-91(80,81)85-60-66(73)59-84-90(78,79)86-63-67(61-82-69(74)55-50-44-15-12-8-3)88-71(76)57-52-47-42-36-34-23-21-19-17-14-11-7-2/h65-68,73H,6-64H2,1-5H3,(H,78,79)(H,80,81)/t65?,66-,67+,68+/m0/s1. The van der Waals surface area contributed by atoms with Gasteiger partial charge in [-0.25, -0.2) is 9.13 Å². The highest BCUT2D eigenvalue weighted by Gasteiger charge is 2.30. The van der Waals surface area contributed by atoms with E-state index in [-0.39, 0.29) is 25.7 Å². The van der Waals surface area contributed by atoms with Gasteiger partial charge in [0, 0.05) is 25.7 Å². The number of ether oxygens (including phenoxy) is 4. The summed E-state index contributed by atoms with van der Waals surface area (Å²) in [6, 6.07) is 0. The molecule has 0 spiro atoms. The van der Waals surface area contributed by atoms with Crippen LogP contribution in [0.3, 0.4) is 0 Å². The smallest absolute Gasteiger partial charge is 0.462 e. The quantitative estimate of drug-likeness (QED) is 0.0222. The van der Waals surface area contributed by atoms with E-state index in [4.69, 9.17) is 37.0 Å². The van der Waals surface area contributed by atoms with Crippen LogP contribution in [0.5, 0.6) is 0 Å². The van der Waals surface area contributed by atoms with Crippen molar-refractivity contribution < 1.29 is 80.2 Å². The fraction of sp³-hybridized carbons (Fsp3) is 0.944. The fourth-order valence-corrected chi connectivity index (χ4v) is 12.5. The third kappa shape index (κ3) is 65.1. The minimum Gasteiger partial charge on any atom is -0.462 e. The number of phosphoric acid groups is 2. The average Bonchev–Trinajstić information content (AvgIpc) is 3.66. The first kappa shape index (κ1) is 89.1. The van der Waals surface area contributed by atoms with Gasteiger partial charge in [0.1, 0.15) is 19.3 Å². The minimum atomic E-state index is -4.95. The molecular formula is C72H140O17P2. The molecule has 0 fully saturated rings. The molecule has 3 N–H and O–H groups in total. The Labute approximate surface area is 556 Å². The van der Waals surface area contributed by atoms with Gasteiger partial charge in [-0.05, 0) is 31.6 Å². The molecule has 17 nitrogen and oxygen atoms in total. The molecule has 6 atom stereocenters. The lowest BCUT2D eigenvalue weighted by atomic mass is 9.99. The van der Waals surface area contributed by atoms with Gasteiger partial charge in [0.25, 0.3) is 0 Å². The summed E-state index contributed by atoms with van der Waals surface area (Å²) in [7, 11) is -9.89. The second kappa shape index (κ2) is 65.4. The Morgan fingerprint density at radius 2 is 0.527 bits per heavy atom. The molecule has 0 radical (unpaired) electrons. The molecule has 0 aromatic carbocycles. The first-order valence-electron chi connectivity index (χ1n) is 37.7. The molecule has 0 amide bonds. The molecule has 3 unspecified atom stereocenters. The van der Waals surface area contributed by atoms with Gasteiger partial charge in [0.2, 0.25) is 0 Å². The molecule has 0 bridgehead atoms. The third-order valence-electron chi connectivity index (χ3n) is 17.1. The van der Waals surface area contributed by atoms with Crippen LogP contribution in [-0.4, -0.2) is 96.7 Å². The Morgan fingerprint density at radius 1 is 0.308 bits per heavy atom. The van der Waals surface area contributed by atoms with Crippen molar-refractivity contribution in [2.75, 3.05) is 39.6 Å². The second-order valence-corrected chi connectivity index (χ2v) is 29.1. The summed E-state index contributed by atoms with van der Waals surface area (Å²) in [5, 5.41) is 10.6. The third-order valence-corrected chi connectivity index (χ3v) is 19.0. The number of aliphatic hydroxyl groups excluding tert-OH is 1. The van der Waals surface area contributed by atoms with E-state index in [1.807, 2.05) is 0 Å². The van der Waals surface area contributed by atoms with Crippen molar-refractivity contribution in [1.29, 1.82) is 0 Å². The van der Waals surface area contributed by atoms with E-state index in [1.165, 1.54) is 193 Å². The summed E-state index contributed by atoms with van der Waals surface area (Å²) in [6.45, 7) is 7.17. The van der Waals surface area contributed by atoms with Crippen LogP contribution in [0, 0.1) is 5.92 Å². The molecular weight excluding hydrogens is 1200 g/mol. The normalized spacial score (nSPS) is 14.3. The van der Waals surface area contributed by atoms with Crippen molar-refractivity contribution in [3.63, 3.8) is 0 Å². The van der Waals surface area contributed by atoms with Crippen LogP contribution in [0.15, 0.2) is 0 Å². The van der Waals surface area contributed by atoms with Gasteiger partial charge >= 0.3 is 39.5 Å². The van der Waals surface area contributed by atoms with Crippen molar-refractivity contribution in [3.05, 3.63) is 0 Å². The topological polar surface area (TPSA) is 237 Å². The minimum absolute atomic E-state index is 0.106. The first-order valence-corrected chi connectivity index (χ1v) is 40.7. The van der Waals surface area contributed by atoms with Crippen LogP contribution in [0.1, 0.15) is 375 Å². The van der Waals surface area contributed by atoms with Gasteiger partial charge in [-0.1, -0.05) is 324 Å². The fourth-order valence-electron chi connectivity index (χ4n) is 11.0. The maximum absolute atomic E-state index is 13.0. The Morgan fingerprint density at radius 3 is 0.780 bits per heavy atom. The number of phosphoric ester groups is 2. The van der Waals surface area contributed by atoms with Crippen LogP contribution < -0.4 is 0 Å². The van der Waals surface area contributed by atoms with Gasteiger partial charge in [0.15, 0.2) is 12.2 Å². The van der Waals surface area contributed by atoms with Crippen LogP contribution in [-0.2, 0) is 65.4 Å². The largest absolute Gasteiger partial charge is 0.472 e. The molecule has 0 aromatic rings. The highest BCUT2D eigenvalue weighted by atomic mass is 31.2. The second-order valence-electron chi connectivity index (χ2n) is 26.2. The predicted molar refractivity (Wildman–Crippen MR) is 368 cm³/mol. The number of carbonyl (C=O) groups excluding carboxylic acids is 4. The van der Waals surface area contributed by atoms with E-state index in [9.17, 15) is 43.2 Å². The van der Waals surface area contributed by atoms with Gasteiger partial charge in [-0.15, -0.1) is 0 Å². The number of hydrogen-bond acceptors (Lipinski definition) is 15. The molecule has 0 aliphatic heterocycles. The molecule has 0 aromatic heterocycles. The van der Waals surface area contributed by atoms with E-state index < -0.39 is 97.5 Å². The summed E-state index contributed by atoms with van der Waals surface area (Å²) in [5.74, 6) is -1.36. The predicted octanol–water partition coefficient (Wildman–Crippen LogP) is 20.9. The van der Waals surface area contributed by atoms with Crippen molar-refractivity contribution in [2.45, 2.75) is 393 Å². The lowest BCUT2D eigenvalue weighted by molar-refractivity contribution is -0.161. The van der Waals surface area contributed by atoms with E-state index >= 15 is 0 Å². The molecule has 540 valence electrons. The average molecular weight is 1340 g/mol. The van der Waals surface area contributed by atoms with E-state index in [2.05, 4.69) is 34.6 Å². The maximum Gasteiger partial charge on any atom is 0.472 e. The van der Waals surface area contributed by atoms with Gasteiger partial charge in [-0.2, -0.15) is 0 Å². The van der Waals surface area contributed by atoms with Gasteiger partial charge < -0.3 is 33.8 Å². The lowest BCUT2D eigenvalue weighted by Gasteiger charge is -2.21. The Hall–Kier alpha value is -1.94. The zero-order chi connectivity index (χ0) is 67.0. The maximum atomic E-state index is 13.0. The summed E-state index contributed by atoms with van der Waals surface area (Å²) in [4.78, 5) is 72.3. The monoisotopic (exact) mass is 1340 g/mol. The van der Waals surface area contributed by atoms with Gasteiger partial charge in [0.05, 0.1) is 26.4 Å². The molecule has 0 aliphatic rings. The highest BCUT2D eigenvalue weighted by Crippen LogP contribution is 2.45. The number of esters is 4. The molecule has 0 rings (SSSR count). The lowest BCUT2D eigenvalue weighted by Crippen LogP contribution is -2.30. The van der Waals surface area contributed by atoms with Crippen molar-refractivity contribution in [1.82, 2.24) is 0 Å². The zero-order valence-electron chi connectivity index (χ0n) is 59.0. The van der Waals surface area contributed by atoms with Crippen molar-refractivity contribution in [2.24, 2.45) is 5.92 Å². The number of rotatable bonds is 72. The summed E-state index contributed by atoms with van der Waals surface area (Å²) in [5.41, 5.74) is 0. The van der Waals surface area contributed by atoms with Crippen LogP contribution in [0.2, 0.25) is 0 Å². The Bertz CT molecular complexity index is 1760. The Balaban J connectivity index is 5.09.